The van der Waals surface area contributed by atoms with E-state index in [2.05, 4.69) is 0 Å². The molecule has 0 atom stereocenters. The summed E-state index contributed by atoms with van der Waals surface area (Å²) in [7, 11) is 0. The van der Waals surface area contributed by atoms with Crippen molar-refractivity contribution in [2.24, 2.45) is 0 Å². The second kappa shape index (κ2) is 9.59. The Labute approximate surface area is 196 Å². The van der Waals surface area contributed by atoms with E-state index in [1.54, 1.807) is 22.7 Å². The molecule has 0 aliphatic heterocycles. The number of ether oxygens (including phenoxy) is 2. The molecule has 6 heteroatoms. The summed E-state index contributed by atoms with van der Waals surface area (Å²) in [5.41, 5.74) is 4.40. The standard InChI is InChI=1S/C26H26O4S2/c27-25(23-13-19-8-1-3-10-21(19)31-23)29-15-17-6-5-7-18(12-17)16-30-26(28)24-14-20-9-2-4-11-22(20)32-24/h5-7,12-14H,1-4,8-11,15-16H2. The number of carbonyl (C=O) groups excluding carboxylic acids is 2. The van der Waals surface area contributed by atoms with Crippen LogP contribution in [0.15, 0.2) is 36.4 Å². The van der Waals surface area contributed by atoms with Crippen LogP contribution in [0.1, 0.15) is 77.0 Å². The van der Waals surface area contributed by atoms with Crippen LogP contribution in [-0.2, 0) is 48.4 Å². The van der Waals surface area contributed by atoms with Crippen molar-refractivity contribution in [1.82, 2.24) is 0 Å². The van der Waals surface area contributed by atoms with Crippen LogP contribution < -0.4 is 0 Å². The van der Waals surface area contributed by atoms with Crippen molar-refractivity contribution in [2.75, 3.05) is 0 Å². The van der Waals surface area contributed by atoms with Crippen molar-refractivity contribution >= 4 is 34.6 Å². The van der Waals surface area contributed by atoms with Gasteiger partial charge in [-0.05, 0) is 91.8 Å². The maximum absolute atomic E-state index is 12.5. The summed E-state index contributed by atoms with van der Waals surface area (Å²) < 4.78 is 11.1. The molecule has 2 heterocycles. The topological polar surface area (TPSA) is 52.6 Å². The molecule has 166 valence electrons. The van der Waals surface area contributed by atoms with Gasteiger partial charge in [-0.3, -0.25) is 0 Å². The largest absolute Gasteiger partial charge is 0.457 e. The van der Waals surface area contributed by atoms with Gasteiger partial charge in [-0.15, -0.1) is 22.7 Å². The van der Waals surface area contributed by atoms with Crippen molar-refractivity contribution in [3.8, 4) is 0 Å². The number of thiophene rings is 2. The van der Waals surface area contributed by atoms with Crippen LogP contribution in [-0.4, -0.2) is 11.9 Å². The number of aryl methyl sites for hydroxylation is 4. The van der Waals surface area contributed by atoms with Crippen LogP contribution >= 0.6 is 22.7 Å². The molecule has 2 aliphatic carbocycles. The third-order valence-corrected chi connectivity index (χ3v) is 8.56. The molecule has 32 heavy (non-hydrogen) atoms. The summed E-state index contributed by atoms with van der Waals surface area (Å²) in [6, 6.07) is 11.7. The molecular weight excluding hydrogens is 440 g/mol. The average Bonchev–Trinajstić information content (AvgIpc) is 3.45. The van der Waals surface area contributed by atoms with Gasteiger partial charge in [-0.2, -0.15) is 0 Å². The van der Waals surface area contributed by atoms with Crippen molar-refractivity contribution in [2.45, 2.75) is 64.6 Å². The second-order valence-electron chi connectivity index (χ2n) is 8.50. The summed E-state index contributed by atoms with van der Waals surface area (Å²) >= 11 is 3.14. The predicted molar refractivity (Wildman–Crippen MR) is 127 cm³/mol. The number of esters is 2. The lowest BCUT2D eigenvalue weighted by Crippen LogP contribution is -2.05. The van der Waals surface area contributed by atoms with Gasteiger partial charge in [0.1, 0.15) is 23.0 Å². The zero-order valence-electron chi connectivity index (χ0n) is 18.0. The molecule has 0 saturated carbocycles. The number of fused-ring (bicyclic) bond motifs is 2. The van der Waals surface area contributed by atoms with E-state index in [9.17, 15) is 9.59 Å². The lowest BCUT2D eigenvalue weighted by molar-refractivity contribution is 0.0477. The van der Waals surface area contributed by atoms with E-state index in [0.717, 1.165) is 36.8 Å². The second-order valence-corrected chi connectivity index (χ2v) is 10.8. The maximum Gasteiger partial charge on any atom is 0.348 e. The van der Waals surface area contributed by atoms with E-state index < -0.39 is 0 Å². The van der Waals surface area contributed by atoms with E-state index in [-0.39, 0.29) is 25.2 Å². The molecule has 5 rings (SSSR count). The van der Waals surface area contributed by atoms with Gasteiger partial charge in [-0.1, -0.05) is 18.2 Å². The first kappa shape index (κ1) is 21.4. The highest BCUT2D eigenvalue weighted by Crippen LogP contribution is 2.31. The van der Waals surface area contributed by atoms with Crippen molar-refractivity contribution in [1.29, 1.82) is 0 Å². The molecule has 0 spiro atoms. The molecule has 0 fully saturated rings. The Balaban J connectivity index is 1.15. The van der Waals surface area contributed by atoms with Crippen LogP contribution in [0.4, 0.5) is 0 Å². The normalized spacial score (nSPS) is 15.0. The van der Waals surface area contributed by atoms with Crippen LogP contribution in [0.3, 0.4) is 0 Å². The lowest BCUT2D eigenvalue weighted by Gasteiger charge is -2.08. The van der Waals surface area contributed by atoms with E-state index in [1.165, 1.54) is 46.6 Å². The fraction of sp³-hybridized carbons (Fsp3) is 0.385. The minimum atomic E-state index is -0.261. The monoisotopic (exact) mass is 466 g/mol. The zero-order chi connectivity index (χ0) is 21.9. The number of hydrogen-bond acceptors (Lipinski definition) is 6. The number of rotatable bonds is 6. The molecule has 0 N–H and O–H groups in total. The number of carbonyl (C=O) groups is 2. The summed E-state index contributed by atoms with van der Waals surface area (Å²) in [4.78, 5) is 29.0. The van der Waals surface area contributed by atoms with E-state index >= 15 is 0 Å². The van der Waals surface area contributed by atoms with Gasteiger partial charge in [0.05, 0.1) is 0 Å². The van der Waals surface area contributed by atoms with E-state index in [1.807, 2.05) is 36.4 Å². The van der Waals surface area contributed by atoms with Gasteiger partial charge < -0.3 is 9.47 Å². The zero-order valence-corrected chi connectivity index (χ0v) is 19.6. The van der Waals surface area contributed by atoms with Crippen LogP contribution in [0.2, 0.25) is 0 Å². The molecule has 1 aromatic carbocycles. The molecule has 2 aromatic heterocycles. The number of benzene rings is 1. The van der Waals surface area contributed by atoms with Gasteiger partial charge in [0, 0.05) is 9.75 Å². The smallest absolute Gasteiger partial charge is 0.348 e. The Kier molecular flexibility index (Phi) is 6.42. The maximum atomic E-state index is 12.5. The molecule has 0 bridgehead atoms. The Hall–Kier alpha value is -2.44. The van der Waals surface area contributed by atoms with Gasteiger partial charge in [0.25, 0.3) is 0 Å². The Morgan fingerprint density at radius 1 is 0.688 bits per heavy atom. The minimum Gasteiger partial charge on any atom is -0.457 e. The molecule has 3 aromatic rings. The van der Waals surface area contributed by atoms with Gasteiger partial charge in [0.15, 0.2) is 0 Å². The first-order chi connectivity index (χ1) is 15.7. The van der Waals surface area contributed by atoms with Crippen LogP contribution in [0, 0.1) is 0 Å². The molecule has 4 nitrogen and oxygen atoms in total. The quantitative estimate of drug-likeness (QED) is 0.401. The highest BCUT2D eigenvalue weighted by Gasteiger charge is 2.19. The van der Waals surface area contributed by atoms with E-state index in [0.29, 0.717) is 9.75 Å². The third-order valence-electron chi connectivity index (χ3n) is 6.13. The lowest BCUT2D eigenvalue weighted by atomic mass is 9.99. The Morgan fingerprint density at radius 3 is 1.62 bits per heavy atom. The third kappa shape index (κ3) is 4.81. The first-order valence-electron chi connectivity index (χ1n) is 11.3. The van der Waals surface area contributed by atoms with Crippen molar-refractivity contribution in [3.05, 3.63) is 78.2 Å². The summed E-state index contributed by atoms with van der Waals surface area (Å²) in [5.74, 6) is -0.522. The number of hydrogen-bond donors (Lipinski definition) is 0. The van der Waals surface area contributed by atoms with Crippen molar-refractivity contribution < 1.29 is 19.1 Å². The Morgan fingerprint density at radius 2 is 1.16 bits per heavy atom. The summed E-state index contributed by atoms with van der Waals surface area (Å²) in [5, 5.41) is 0. The van der Waals surface area contributed by atoms with Crippen LogP contribution in [0.25, 0.3) is 0 Å². The summed E-state index contributed by atoms with van der Waals surface area (Å²) in [6.07, 6.45) is 9.07. The Bertz CT molecular complexity index is 1010. The van der Waals surface area contributed by atoms with Crippen molar-refractivity contribution in [3.63, 3.8) is 0 Å². The molecule has 0 amide bonds. The molecule has 0 unspecified atom stereocenters. The highest BCUT2D eigenvalue weighted by molar-refractivity contribution is 7.14. The predicted octanol–water partition coefficient (Wildman–Crippen LogP) is 6.28. The average molecular weight is 467 g/mol. The van der Waals surface area contributed by atoms with Gasteiger partial charge >= 0.3 is 11.9 Å². The molecule has 0 radical (unpaired) electrons. The fourth-order valence-corrected chi connectivity index (χ4v) is 6.73. The summed E-state index contributed by atoms with van der Waals surface area (Å²) in [6.45, 7) is 0.418. The fourth-order valence-electron chi connectivity index (χ4n) is 4.43. The molecule has 0 saturated heterocycles. The minimum absolute atomic E-state index is 0.209. The first-order valence-corrected chi connectivity index (χ1v) is 12.9. The van der Waals surface area contributed by atoms with Gasteiger partial charge in [-0.25, -0.2) is 9.59 Å². The van der Waals surface area contributed by atoms with Crippen LogP contribution in [0.5, 0.6) is 0 Å². The molecular formula is C26H26O4S2. The molecule has 2 aliphatic rings. The van der Waals surface area contributed by atoms with E-state index in [4.69, 9.17) is 9.47 Å². The van der Waals surface area contributed by atoms with Gasteiger partial charge in [0.2, 0.25) is 0 Å². The highest BCUT2D eigenvalue weighted by atomic mass is 32.1. The SMILES string of the molecule is O=C(OCc1cccc(COC(=O)c2cc3c(s2)CCCC3)c1)c1cc2c(s1)CCCC2.